The van der Waals surface area contributed by atoms with Gasteiger partial charge in [-0.15, -0.1) is 0 Å². The first-order valence-electron chi connectivity index (χ1n) is 8.02. The number of carbonyl (C=O) groups excluding carboxylic acids is 1. The van der Waals surface area contributed by atoms with E-state index in [9.17, 15) is 9.90 Å². The normalized spacial score (nSPS) is 15.5. The summed E-state index contributed by atoms with van der Waals surface area (Å²) < 4.78 is 11.7. The molecule has 0 unspecified atom stereocenters. The van der Waals surface area contributed by atoms with Crippen molar-refractivity contribution in [1.82, 2.24) is 0 Å². The Balaban J connectivity index is 1.91. The number of ether oxygens (including phenoxy) is 2. The Morgan fingerprint density at radius 2 is 2.00 bits per heavy atom. The van der Waals surface area contributed by atoms with Crippen molar-refractivity contribution in [3.8, 4) is 17.2 Å². The van der Waals surface area contributed by atoms with Gasteiger partial charge >= 0.3 is 0 Å². The van der Waals surface area contributed by atoms with Crippen molar-refractivity contribution < 1.29 is 19.4 Å². The second-order valence-electron chi connectivity index (χ2n) is 5.49. The Morgan fingerprint density at radius 1 is 1.30 bits per heavy atom. The predicted octanol–water partition coefficient (Wildman–Crippen LogP) is 4.97. The fraction of sp³-hybridized carbons (Fsp3) is 0.158. The molecule has 0 atom stereocenters. The molecule has 0 bridgehead atoms. The Morgan fingerprint density at radius 3 is 2.63 bits per heavy atom. The molecule has 1 aliphatic rings. The number of anilines is 1. The van der Waals surface area contributed by atoms with Gasteiger partial charge in [-0.05, 0) is 55.0 Å². The molecule has 1 aliphatic heterocycles. The molecule has 0 aromatic heterocycles. The molecule has 0 saturated carbocycles. The maximum Gasteiger partial charge on any atom is 0.270 e. The molecule has 2 aromatic carbocycles. The van der Waals surface area contributed by atoms with E-state index in [0.29, 0.717) is 37.3 Å². The number of phenols is 1. The second kappa shape index (κ2) is 8.33. The van der Waals surface area contributed by atoms with E-state index >= 15 is 0 Å². The topological polar surface area (TPSA) is 59.0 Å². The number of aromatic hydroxyl groups is 1. The molecule has 2 aromatic rings. The van der Waals surface area contributed by atoms with Gasteiger partial charge in [-0.3, -0.25) is 9.69 Å². The fourth-order valence-corrected chi connectivity index (χ4v) is 4.26. The van der Waals surface area contributed by atoms with Crippen molar-refractivity contribution in [3.05, 3.63) is 51.3 Å². The Labute approximate surface area is 175 Å². The molecule has 1 fully saturated rings. The van der Waals surface area contributed by atoms with Crippen molar-refractivity contribution in [1.29, 1.82) is 0 Å². The number of methoxy groups -OCH3 is 1. The largest absolute Gasteiger partial charge is 0.504 e. The van der Waals surface area contributed by atoms with E-state index < -0.39 is 0 Å². The lowest BCUT2D eigenvalue weighted by molar-refractivity contribution is -0.113. The highest BCUT2D eigenvalue weighted by atomic mass is 79.9. The van der Waals surface area contributed by atoms with Crippen molar-refractivity contribution in [3.63, 3.8) is 0 Å². The third-order valence-corrected chi connectivity index (χ3v) is 5.77. The Hall–Kier alpha value is -2.03. The zero-order valence-corrected chi connectivity index (χ0v) is 17.8. The molecule has 3 rings (SSSR count). The number of halogens is 1. The van der Waals surface area contributed by atoms with Gasteiger partial charge in [0.25, 0.3) is 5.91 Å². The van der Waals surface area contributed by atoms with Crippen LogP contribution >= 0.6 is 39.9 Å². The predicted molar refractivity (Wildman–Crippen MR) is 116 cm³/mol. The standard InChI is InChI=1S/C19H16BrNO4S2/c1-3-25-13-6-4-12(5-7-13)21-18(23)17(27-19(21)26)9-11-8-16(24-2)15(22)10-14(11)20/h4-10,22H,3H2,1-2H3/b17-9-. The van der Waals surface area contributed by atoms with Crippen LogP contribution < -0.4 is 14.4 Å². The maximum atomic E-state index is 12.9. The zero-order chi connectivity index (χ0) is 19.6. The van der Waals surface area contributed by atoms with Crippen LogP contribution in [0.2, 0.25) is 0 Å². The van der Waals surface area contributed by atoms with E-state index in [0.717, 1.165) is 5.75 Å². The summed E-state index contributed by atoms with van der Waals surface area (Å²) in [5.41, 5.74) is 1.39. The first kappa shape index (κ1) is 19.7. The number of hydrogen-bond acceptors (Lipinski definition) is 6. The van der Waals surface area contributed by atoms with E-state index in [-0.39, 0.29) is 11.7 Å². The first-order valence-corrected chi connectivity index (χ1v) is 10.0. The Bertz CT molecular complexity index is 928. The SMILES string of the molecule is CCOc1ccc(N2C(=O)/C(=C/c3cc(OC)c(O)cc3Br)SC2=S)cc1. The van der Waals surface area contributed by atoms with E-state index in [1.165, 1.54) is 29.8 Å². The number of benzene rings is 2. The van der Waals surface area contributed by atoms with Crippen LogP contribution in [0.4, 0.5) is 5.69 Å². The summed E-state index contributed by atoms with van der Waals surface area (Å²) in [6, 6.07) is 10.4. The Kier molecular flexibility index (Phi) is 6.08. The van der Waals surface area contributed by atoms with Gasteiger partial charge in [-0.25, -0.2) is 0 Å². The second-order valence-corrected chi connectivity index (χ2v) is 8.02. The third-order valence-electron chi connectivity index (χ3n) is 3.78. The number of hydrogen-bond donors (Lipinski definition) is 1. The van der Waals surface area contributed by atoms with Crippen LogP contribution in [0.15, 0.2) is 45.8 Å². The summed E-state index contributed by atoms with van der Waals surface area (Å²) in [5.74, 6) is 0.880. The van der Waals surface area contributed by atoms with Crippen molar-refractivity contribution in [2.24, 2.45) is 0 Å². The van der Waals surface area contributed by atoms with Gasteiger partial charge in [0.05, 0.1) is 24.3 Å². The smallest absolute Gasteiger partial charge is 0.270 e. The average molecular weight is 466 g/mol. The molecule has 8 heteroatoms. The van der Waals surface area contributed by atoms with Gasteiger partial charge in [0.1, 0.15) is 5.75 Å². The molecule has 1 N–H and O–H groups in total. The molecular formula is C19H16BrNO4S2. The minimum absolute atomic E-state index is 0.0171. The molecule has 0 radical (unpaired) electrons. The summed E-state index contributed by atoms with van der Waals surface area (Å²) in [5, 5.41) is 9.83. The van der Waals surface area contributed by atoms with E-state index in [1.54, 1.807) is 24.3 Å². The van der Waals surface area contributed by atoms with Gasteiger partial charge < -0.3 is 14.6 Å². The minimum atomic E-state index is -0.201. The molecule has 5 nitrogen and oxygen atoms in total. The first-order chi connectivity index (χ1) is 12.9. The van der Waals surface area contributed by atoms with Crippen LogP contribution in [0.1, 0.15) is 12.5 Å². The van der Waals surface area contributed by atoms with Gasteiger partial charge in [-0.2, -0.15) is 0 Å². The highest BCUT2D eigenvalue weighted by molar-refractivity contribution is 9.10. The highest BCUT2D eigenvalue weighted by Gasteiger charge is 2.33. The molecule has 1 heterocycles. The number of amides is 1. The number of carbonyl (C=O) groups is 1. The van der Waals surface area contributed by atoms with Crippen LogP contribution in [0.5, 0.6) is 17.2 Å². The minimum Gasteiger partial charge on any atom is -0.504 e. The van der Waals surface area contributed by atoms with Gasteiger partial charge in [0.2, 0.25) is 0 Å². The summed E-state index contributed by atoms with van der Waals surface area (Å²) >= 11 is 10.0. The molecular weight excluding hydrogens is 450 g/mol. The molecule has 140 valence electrons. The van der Waals surface area contributed by atoms with Gasteiger partial charge in [-0.1, -0.05) is 39.9 Å². The quantitative estimate of drug-likeness (QED) is 0.496. The number of nitrogens with zero attached hydrogens (tertiary/aromatic N) is 1. The zero-order valence-electron chi connectivity index (χ0n) is 14.6. The average Bonchev–Trinajstić information content (AvgIpc) is 2.92. The summed E-state index contributed by atoms with van der Waals surface area (Å²) in [6.07, 6.45) is 1.72. The van der Waals surface area contributed by atoms with Crippen LogP contribution in [0.3, 0.4) is 0 Å². The monoisotopic (exact) mass is 465 g/mol. The fourth-order valence-electron chi connectivity index (χ4n) is 2.52. The highest BCUT2D eigenvalue weighted by Crippen LogP contribution is 2.39. The number of thioether (sulfide) groups is 1. The van der Waals surface area contributed by atoms with Gasteiger partial charge in [0, 0.05) is 4.47 Å². The van der Waals surface area contributed by atoms with Crippen molar-refractivity contribution in [2.45, 2.75) is 6.92 Å². The lowest BCUT2D eigenvalue weighted by Crippen LogP contribution is -2.27. The van der Waals surface area contributed by atoms with Crippen LogP contribution in [0, 0.1) is 0 Å². The van der Waals surface area contributed by atoms with Crippen LogP contribution in [-0.2, 0) is 4.79 Å². The van der Waals surface area contributed by atoms with E-state index in [4.69, 9.17) is 21.7 Å². The van der Waals surface area contributed by atoms with Crippen molar-refractivity contribution >= 4 is 61.9 Å². The lowest BCUT2D eigenvalue weighted by atomic mass is 10.2. The number of rotatable bonds is 5. The van der Waals surface area contributed by atoms with Crippen LogP contribution in [-0.4, -0.2) is 29.1 Å². The lowest BCUT2D eigenvalue weighted by Gasteiger charge is -2.15. The summed E-state index contributed by atoms with van der Waals surface area (Å²) in [6.45, 7) is 2.49. The summed E-state index contributed by atoms with van der Waals surface area (Å²) in [4.78, 5) is 14.9. The maximum absolute atomic E-state index is 12.9. The number of phenolic OH excluding ortho intramolecular Hbond substituents is 1. The molecule has 0 aliphatic carbocycles. The third kappa shape index (κ3) is 4.12. The molecule has 1 saturated heterocycles. The number of thiocarbonyl (C=S) groups is 1. The van der Waals surface area contributed by atoms with E-state index in [2.05, 4.69) is 15.9 Å². The molecule has 27 heavy (non-hydrogen) atoms. The summed E-state index contributed by atoms with van der Waals surface area (Å²) in [7, 11) is 1.47. The molecule has 1 amide bonds. The van der Waals surface area contributed by atoms with Crippen LogP contribution in [0.25, 0.3) is 6.08 Å². The molecule has 0 spiro atoms. The van der Waals surface area contributed by atoms with Crippen molar-refractivity contribution in [2.75, 3.05) is 18.6 Å². The van der Waals surface area contributed by atoms with E-state index in [1.807, 2.05) is 19.1 Å². The van der Waals surface area contributed by atoms with Gasteiger partial charge in [0.15, 0.2) is 15.8 Å².